The van der Waals surface area contributed by atoms with Crippen LogP contribution in [0, 0.1) is 5.92 Å². The highest BCUT2D eigenvalue weighted by Crippen LogP contribution is 2.21. The molecule has 2 rings (SSSR count). The zero-order chi connectivity index (χ0) is 36.1. The number of carbonyl (C=O) groups excluding carboxylic acids is 5. The Kier molecular flexibility index (Phi) is 16.2. The number of likely N-dealkylation sites (tertiary alicyclic amines) is 2. The number of aliphatic hydroxyl groups is 1. The van der Waals surface area contributed by atoms with Crippen LogP contribution in [-0.2, 0) is 33.6 Å². The largest absolute Gasteiger partial charge is 0.481 e. The maximum Gasteiger partial charge on any atom is 0.326 e. The Hall–Kier alpha value is -3.83. The van der Waals surface area contributed by atoms with Crippen LogP contribution in [0.1, 0.15) is 85.0 Å². The predicted molar refractivity (Wildman–Crippen MR) is 172 cm³/mol. The third kappa shape index (κ3) is 11.7. The Labute approximate surface area is 280 Å². The molecule has 0 aromatic rings. The second kappa shape index (κ2) is 19.2. The standard InChI is InChI=1S/C31H53N7O10/c1-17(2)16-21(26(42)34-20(11-12-24(40)41)30(46)38-15-7-10-23(38)31(47)48)35-28(44)25(18(3)39)36-27(43)22-9-6-14-37(22)29(45)19(33)8-4-5-13-32/h17-23,25,39H,4-16,32-33H2,1-3H3,(H,34,42)(H,35,44)(H,36,43)(H,40,41)(H,47,48). The van der Waals surface area contributed by atoms with Gasteiger partial charge in [-0.2, -0.15) is 0 Å². The van der Waals surface area contributed by atoms with Crippen molar-refractivity contribution in [2.45, 2.75) is 127 Å². The molecule has 0 radical (unpaired) electrons. The van der Waals surface area contributed by atoms with Crippen molar-refractivity contribution in [1.29, 1.82) is 0 Å². The van der Waals surface area contributed by atoms with Gasteiger partial charge < -0.3 is 52.5 Å². The first-order chi connectivity index (χ1) is 22.6. The lowest BCUT2D eigenvalue weighted by atomic mass is 10.0. The van der Waals surface area contributed by atoms with Crippen LogP contribution in [0.3, 0.4) is 0 Å². The number of carboxylic acids is 2. The van der Waals surface area contributed by atoms with Gasteiger partial charge in [-0.3, -0.25) is 28.8 Å². The molecule has 5 amide bonds. The average molecular weight is 684 g/mol. The summed E-state index contributed by atoms with van der Waals surface area (Å²) in [6, 6.07) is -6.99. The lowest BCUT2D eigenvalue weighted by Crippen LogP contribution is -2.61. The number of aliphatic carboxylic acids is 2. The fourth-order valence-corrected chi connectivity index (χ4v) is 6.05. The molecule has 2 heterocycles. The number of hydrogen-bond acceptors (Lipinski definition) is 10. The molecule has 0 spiro atoms. The number of nitrogens with one attached hydrogen (secondary N) is 3. The van der Waals surface area contributed by atoms with Gasteiger partial charge in [-0.1, -0.05) is 20.3 Å². The van der Waals surface area contributed by atoms with Gasteiger partial charge in [0, 0.05) is 19.5 Å². The minimum atomic E-state index is -1.51. The number of amides is 5. The number of rotatable bonds is 19. The van der Waals surface area contributed by atoms with Crippen LogP contribution in [0.25, 0.3) is 0 Å². The van der Waals surface area contributed by atoms with Gasteiger partial charge in [0.25, 0.3) is 0 Å². The van der Waals surface area contributed by atoms with Crippen LogP contribution in [-0.4, -0.2) is 129 Å². The second-order valence-corrected chi connectivity index (χ2v) is 13.0. The highest BCUT2D eigenvalue weighted by atomic mass is 16.4. The van der Waals surface area contributed by atoms with Crippen molar-refractivity contribution in [3.63, 3.8) is 0 Å². The van der Waals surface area contributed by atoms with Crippen molar-refractivity contribution >= 4 is 41.5 Å². The van der Waals surface area contributed by atoms with Gasteiger partial charge in [0.05, 0.1) is 12.1 Å². The second-order valence-electron chi connectivity index (χ2n) is 13.0. The van der Waals surface area contributed by atoms with Crippen molar-refractivity contribution in [2.24, 2.45) is 17.4 Å². The molecule has 17 heteroatoms. The molecule has 2 aliphatic heterocycles. The Morgan fingerprint density at radius 3 is 1.92 bits per heavy atom. The molecule has 2 fully saturated rings. The summed E-state index contributed by atoms with van der Waals surface area (Å²) in [4.78, 5) is 92.2. The molecule has 0 aromatic heterocycles. The molecular formula is C31H53N7O10. The van der Waals surface area contributed by atoms with E-state index in [1.54, 1.807) is 13.8 Å². The van der Waals surface area contributed by atoms with Crippen LogP contribution in [0.5, 0.6) is 0 Å². The fourth-order valence-electron chi connectivity index (χ4n) is 6.05. The van der Waals surface area contributed by atoms with Crippen molar-refractivity contribution in [1.82, 2.24) is 25.8 Å². The van der Waals surface area contributed by atoms with Crippen LogP contribution < -0.4 is 27.4 Å². The topological polar surface area (TPSA) is 275 Å². The van der Waals surface area contributed by atoms with E-state index in [0.29, 0.717) is 51.6 Å². The minimum Gasteiger partial charge on any atom is -0.481 e. The predicted octanol–water partition coefficient (Wildman–Crippen LogP) is -1.74. The molecule has 2 aliphatic rings. The Morgan fingerprint density at radius 2 is 1.38 bits per heavy atom. The maximum atomic E-state index is 13.5. The molecule has 7 unspecified atom stereocenters. The normalized spacial score (nSPS) is 20.8. The highest BCUT2D eigenvalue weighted by molar-refractivity contribution is 5.97. The van der Waals surface area contributed by atoms with Crippen LogP contribution in [0.2, 0.25) is 0 Å². The van der Waals surface area contributed by atoms with E-state index in [-0.39, 0.29) is 31.7 Å². The summed E-state index contributed by atoms with van der Waals surface area (Å²) in [5.74, 6) is -6.12. The lowest BCUT2D eigenvalue weighted by molar-refractivity contribution is -0.150. The minimum absolute atomic E-state index is 0.0757. The molecule has 0 aromatic carbocycles. The van der Waals surface area contributed by atoms with Gasteiger partial charge in [0.2, 0.25) is 29.5 Å². The fraction of sp³-hybridized carbons (Fsp3) is 0.774. The van der Waals surface area contributed by atoms with E-state index in [9.17, 15) is 48.9 Å². The molecule has 0 aliphatic carbocycles. The number of nitrogens with two attached hydrogens (primary N) is 2. The Morgan fingerprint density at radius 1 is 0.792 bits per heavy atom. The van der Waals surface area contributed by atoms with Crippen LogP contribution in [0.15, 0.2) is 0 Å². The Balaban J connectivity index is 2.19. The number of carboxylic acid groups (broad SMARTS) is 2. The zero-order valence-corrected chi connectivity index (χ0v) is 28.1. The van der Waals surface area contributed by atoms with Crippen LogP contribution >= 0.6 is 0 Å². The first-order valence-corrected chi connectivity index (χ1v) is 16.7. The molecule has 48 heavy (non-hydrogen) atoms. The van der Waals surface area contributed by atoms with E-state index in [1.165, 1.54) is 11.8 Å². The average Bonchev–Trinajstić information content (AvgIpc) is 3.71. The van der Waals surface area contributed by atoms with Gasteiger partial charge in [-0.15, -0.1) is 0 Å². The maximum absolute atomic E-state index is 13.5. The molecule has 272 valence electrons. The molecule has 10 N–H and O–H groups in total. The van der Waals surface area contributed by atoms with Gasteiger partial charge in [-0.25, -0.2) is 4.79 Å². The third-order valence-electron chi connectivity index (χ3n) is 8.61. The molecular weight excluding hydrogens is 630 g/mol. The first-order valence-electron chi connectivity index (χ1n) is 16.7. The number of hydrogen-bond donors (Lipinski definition) is 8. The zero-order valence-electron chi connectivity index (χ0n) is 28.1. The summed E-state index contributed by atoms with van der Waals surface area (Å²) in [6.07, 6.45) is 1.12. The van der Waals surface area contributed by atoms with Crippen molar-refractivity contribution in [3.8, 4) is 0 Å². The van der Waals surface area contributed by atoms with E-state index in [2.05, 4.69) is 16.0 Å². The van der Waals surface area contributed by atoms with Gasteiger partial charge in [0.15, 0.2) is 0 Å². The van der Waals surface area contributed by atoms with Gasteiger partial charge >= 0.3 is 11.9 Å². The van der Waals surface area contributed by atoms with E-state index in [1.807, 2.05) is 0 Å². The first kappa shape index (κ1) is 40.3. The van der Waals surface area contributed by atoms with Crippen molar-refractivity contribution in [2.75, 3.05) is 19.6 Å². The summed E-state index contributed by atoms with van der Waals surface area (Å²) < 4.78 is 0. The quantitative estimate of drug-likeness (QED) is 0.0705. The summed E-state index contributed by atoms with van der Waals surface area (Å²) in [5.41, 5.74) is 11.6. The van der Waals surface area contributed by atoms with Gasteiger partial charge in [-0.05, 0) is 70.8 Å². The monoisotopic (exact) mass is 683 g/mol. The summed E-state index contributed by atoms with van der Waals surface area (Å²) in [7, 11) is 0. The van der Waals surface area contributed by atoms with E-state index >= 15 is 0 Å². The number of unbranched alkanes of at least 4 members (excludes halogenated alkanes) is 1. The molecule has 7 atom stereocenters. The van der Waals surface area contributed by atoms with Gasteiger partial charge in [0.1, 0.15) is 30.2 Å². The van der Waals surface area contributed by atoms with E-state index in [0.717, 1.165) is 4.90 Å². The van der Waals surface area contributed by atoms with Crippen molar-refractivity contribution < 1.29 is 48.9 Å². The summed E-state index contributed by atoms with van der Waals surface area (Å²) in [5, 5.41) is 36.8. The highest BCUT2D eigenvalue weighted by Gasteiger charge is 2.41. The molecule has 17 nitrogen and oxygen atoms in total. The molecule has 2 saturated heterocycles. The smallest absolute Gasteiger partial charge is 0.326 e. The number of carbonyl (C=O) groups is 7. The van der Waals surface area contributed by atoms with E-state index in [4.69, 9.17) is 11.5 Å². The van der Waals surface area contributed by atoms with Crippen molar-refractivity contribution in [3.05, 3.63) is 0 Å². The third-order valence-corrected chi connectivity index (χ3v) is 8.61. The summed E-state index contributed by atoms with van der Waals surface area (Å²) in [6.45, 7) is 5.73. The van der Waals surface area contributed by atoms with E-state index < -0.39 is 90.3 Å². The summed E-state index contributed by atoms with van der Waals surface area (Å²) >= 11 is 0. The molecule has 0 bridgehead atoms. The SMILES string of the molecule is CC(C)CC(NC(=O)C(NC(=O)C1CCCN1C(=O)C(N)CCCCN)C(C)O)C(=O)NC(CCC(=O)O)C(=O)N1CCCC1C(=O)O. The molecule has 0 saturated carbocycles. The van der Waals surface area contributed by atoms with Crippen LogP contribution in [0.4, 0.5) is 0 Å². The number of nitrogens with zero attached hydrogens (tertiary/aromatic N) is 2. The lowest BCUT2D eigenvalue weighted by Gasteiger charge is -2.31. The number of aliphatic hydroxyl groups excluding tert-OH is 1. The Bertz CT molecular complexity index is 1170.